The lowest BCUT2D eigenvalue weighted by Crippen LogP contribution is -2.29. The molecule has 0 bridgehead atoms. The first-order valence-corrected chi connectivity index (χ1v) is 6.62. The van der Waals surface area contributed by atoms with Gasteiger partial charge in [-0.15, -0.1) is 0 Å². The highest BCUT2D eigenvalue weighted by atomic mass is 16.5. The molecule has 4 heteroatoms. The molecule has 4 nitrogen and oxygen atoms in total. The van der Waals surface area contributed by atoms with Crippen LogP contribution in [0.5, 0.6) is 5.75 Å². The van der Waals surface area contributed by atoms with Crippen molar-refractivity contribution < 1.29 is 9.47 Å². The highest BCUT2D eigenvalue weighted by Gasteiger charge is 2.32. The maximum Gasteiger partial charge on any atom is 0.137 e. The normalized spacial score (nSPS) is 25.1. The molecule has 1 fully saturated rings. The van der Waals surface area contributed by atoms with E-state index in [0.717, 1.165) is 18.8 Å². The molecule has 2 rings (SSSR count). The van der Waals surface area contributed by atoms with Crippen LogP contribution >= 0.6 is 0 Å². The summed E-state index contributed by atoms with van der Waals surface area (Å²) >= 11 is 0. The van der Waals surface area contributed by atoms with Gasteiger partial charge in [-0.05, 0) is 38.9 Å². The Bertz CT molecular complexity index is 384. The largest absolute Gasteiger partial charge is 0.492 e. The summed E-state index contributed by atoms with van der Waals surface area (Å²) in [6.45, 7) is 5.64. The van der Waals surface area contributed by atoms with Gasteiger partial charge in [-0.3, -0.25) is 4.98 Å². The smallest absolute Gasteiger partial charge is 0.137 e. The summed E-state index contributed by atoms with van der Waals surface area (Å²) in [5.74, 6) is 1.33. The quantitative estimate of drug-likeness (QED) is 0.869. The van der Waals surface area contributed by atoms with Crippen molar-refractivity contribution in [3.8, 4) is 5.75 Å². The molecule has 0 aliphatic carbocycles. The van der Waals surface area contributed by atoms with Crippen LogP contribution < -0.4 is 10.1 Å². The van der Waals surface area contributed by atoms with E-state index in [1.54, 1.807) is 6.20 Å². The minimum atomic E-state index is 0.274. The van der Waals surface area contributed by atoms with Crippen molar-refractivity contribution in [2.24, 2.45) is 5.92 Å². The van der Waals surface area contributed by atoms with E-state index in [-0.39, 0.29) is 12.1 Å². The number of hydrogen-bond donors (Lipinski definition) is 1. The maximum atomic E-state index is 5.66. The van der Waals surface area contributed by atoms with Gasteiger partial charge in [-0.1, -0.05) is 0 Å². The van der Waals surface area contributed by atoms with Crippen LogP contribution in [-0.2, 0) is 4.74 Å². The fraction of sp³-hybridized carbons (Fsp3) is 0.643. The number of pyridine rings is 1. The van der Waals surface area contributed by atoms with Crippen molar-refractivity contribution in [1.82, 2.24) is 10.3 Å². The van der Waals surface area contributed by atoms with E-state index in [4.69, 9.17) is 9.47 Å². The molecular weight excluding hydrogens is 228 g/mol. The van der Waals surface area contributed by atoms with Gasteiger partial charge in [-0.25, -0.2) is 0 Å². The predicted molar refractivity (Wildman–Crippen MR) is 70.7 cm³/mol. The zero-order valence-corrected chi connectivity index (χ0v) is 11.3. The summed E-state index contributed by atoms with van der Waals surface area (Å²) in [6.07, 6.45) is 5.05. The Hall–Kier alpha value is -1.13. The van der Waals surface area contributed by atoms with Crippen LogP contribution in [0.3, 0.4) is 0 Å². The lowest BCUT2D eigenvalue weighted by Gasteiger charge is -2.25. The van der Waals surface area contributed by atoms with E-state index in [2.05, 4.69) is 23.3 Å². The summed E-state index contributed by atoms with van der Waals surface area (Å²) in [5.41, 5.74) is 1.17. The number of nitrogens with zero attached hydrogens (tertiary/aromatic N) is 1. The molecule has 1 aromatic rings. The number of rotatable bonds is 5. The van der Waals surface area contributed by atoms with Gasteiger partial charge in [0.05, 0.1) is 18.9 Å². The third-order valence-electron chi connectivity index (χ3n) is 3.58. The van der Waals surface area contributed by atoms with E-state index < -0.39 is 0 Å². The van der Waals surface area contributed by atoms with Crippen molar-refractivity contribution >= 4 is 0 Å². The molecule has 1 N–H and O–H groups in total. The second kappa shape index (κ2) is 6.16. The first-order valence-electron chi connectivity index (χ1n) is 6.62. The SMILES string of the molecule is CCOc1cncc(C(NC)C2CCOC2C)c1. The van der Waals surface area contributed by atoms with Crippen LogP contribution in [0.1, 0.15) is 31.9 Å². The second-order valence-electron chi connectivity index (χ2n) is 4.68. The Balaban J connectivity index is 2.18. The third kappa shape index (κ3) is 2.82. The second-order valence-corrected chi connectivity index (χ2v) is 4.68. The van der Waals surface area contributed by atoms with Gasteiger partial charge in [0, 0.05) is 24.8 Å². The van der Waals surface area contributed by atoms with Gasteiger partial charge >= 0.3 is 0 Å². The molecule has 1 aromatic heterocycles. The molecule has 1 aliphatic rings. The van der Waals surface area contributed by atoms with Crippen LogP contribution in [0.25, 0.3) is 0 Å². The molecule has 1 aliphatic heterocycles. The molecule has 2 heterocycles. The van der Waals surface area contributed by atoms with Crippen LogP contribution in [0, 0.1) is 5.92 Å². The fourth-order valence-corrected chi connectivity index (χ4v) is 2.67. The first kappa shape index (κ1) is 13.3. The van der Waals surface area contributed by atoms with Gasteiger partial charge in [0.15, 0.2) is 0 Å². The Labute approximate surface area is 109 Å². The van der Waals surface area contributed by atoms with Crippen LogP contribution in [0.2, 0.25) is 0 Å². The van der Waals surface area contributed by atoms with Crippen LogP contribution in [-0.4, -0.2) is 31.3 Å². The minimum absolute atomic E-state index is 0.274. The average molecular weight is 250 g/mol. The van der Waals surface area contributed by atoms with Crippen molar-refractivity contribution in [2.45, 2.75) is 32.4 Å². The molecule has 0 aromatic carbocycles. The third-order valence-corrected chi connectivity index (χ3v) is 3.58. The molecule has 18 heavy (non-hydrogen) atoms. The van der Waals surface area contributed by atoms with Gasteiger partial charge in [0.2, 0.25) is 0 Å². The molecule has 0 amide bonds. The van der Waals surface area contributed by atoms with Crippen molar-refractivity contribution in [3.63, 3.8) is 0 Å². The highest BCUT2D eigenvalue weighted by Crippen LogP contribution is 2.33. The topological polar surface area (TPSA) is 43.4 Å². The van der Waals surface area contributed by atoms with E-state index in [1.165, 1.54) is 5.56 Å². The van der Waals surface area contributed by atoms with Crippen LogP contribution in [0.4, 0.5) is 0 Å². The van der Waals surface area contributed by atoms with Crippen molar-refractivity contribution in [1.29, 1.82) is 0 Å². The van der Waals surface area contributed by atoms with Gasteiger partial charge < -0.3 is 14.8 Å². The van der Waals surface area contributed by atoms with Crippen molar-refractivity contribution in [2.75, 3.05) is 20.3 Å². The molecule has 3 atom stereocenters. The summed E-state index contributed by atoms with van der Waals surface area (Å²) < 4.78 is 11.2. The molecule has 0 saturated carbocycles. The van der Waals surface area contributed by atoms with Crippen LogP contribution in [0.15, 0.2) is 18.5 Å². The Kier molecular flexibility index (Phi) is 4.55. The summed E-state index contributed by atoms with van der Waals surface area (Å²) in [4.78, 5) is 4.26. The lowest BCUT2D eigenvalue weighted by molar-refractivity contribution is 0.0962. The predicted octanol–water partition coefficient (Wildman–Crippen LogP) is 2.17. The van der Waals surface area contributed by atoms with E-state index in [0.29, 0.717) is 12.5 Å². The maximum absolute atomic E-state index is 5.66. The zero-order valence-electron chi connectivity index (χ0n) is 11.3. The summed E-state index contributed by atoms with van der Waals surface area (Å²) in [6, 6.07) is 2.35. The summed E-state index contributed by atoms with van der Waals surface area (Å²) in [7, 11) is 1.99. The zero-order chi connectivity index (χ0) is 13.0. The Morgan fingerprint density at radius 1 is 1.56 bits per heavy atom. The molecule has 100 valence electrons. The fourth-order valence-electron chi connectivity index (χ4n) is 2.67. The summed E-state index contributed by atoms with van der Waals surface area (Å²) in [5, 5.41) is 3.38. The Morgan fingerprint density at radius 3 is 3.00 bits per heavy atom. The van der Waals surface area contributed by atoms with Gasteiger partial charge in [-0.2, -0.15) is 0 Å². The van der Waals surface area contributed by atoms with Gasteiger partial charge in [0.1, 0.15) is 5.75 Å². The van der Waals surface area contributed by atoms with Gasteiger partial charge in [0.25, 0.3) is 0 Å². The minimum Gasteiger partial charge on any atom is -0.492 e. The van der Waals surface area contributed by atoms with E-state index >= 15 is 0 Å². The molecule has 1 saturated heterocycles. The van der Waals surface area contributed by atoms with Crippen molar-refractivity contribution in [3.05, 3.63) is 24.0 Å². The van der Waals surface area contributed by atoms with E-state index in [1.807, 2.05) is 20.2 Å². The standard InChI is InChI=1S/C14H22N2O2/c1-4-17-12-7-11(8-16-9-12)14(15-3)13-5-6-18-10(13)2/h7-10,13-15H,4-6H2,1-3H3. The lowest BCUT2D eigenvalue weighted by atomic mass is 9.89. The highest BCUT2D eigenvalue weighted by molar-refractivity contribution is 5.26. The molecule has 3 unspecified atom stereocenters. The molecular formula is C14H22N2O2. The Morgan fingerprint density at radius 2 is 2.39 bits per heavy atom. The monoisotopic (exact) mass is 250 g/mol. The number of ether oxygens (including phenoxy) is 2. The molecule has 0 spiro atoms. The average Bonchev–Trinajstić information content (AvgIpc) is 2.78. The number of aromatic nitrogens is 1. The number of nitrogens with one attached hydrogen (secondary N) is 1. The first-order chi connectivity index (χ1) is 8.76. The van der Waals surface area contributed by atoms with E-state index in [9.17, 15) is 0 Å². The number of hydrogen-bond acceptors (Lipinski definition) is 4. The molecule has 0 radical (unpaired) electrons.